The molecule has 0 saturated carbocycles. The standard InChI is InChI=1S/C14H18BrN3O/c1-9(2)18-14(11(15)8-17-18)13(16)10-6-4-5-7-12(10)19-3/h4-9,13H,16H2,1-3H3. The fraction of sp³-hybridized carbons (Fsp3) is 0.357. The maximum atomic E-state index is 6.41. The molecule has 2 aromatic rings. The minimum Gasteiger partial charge on any atom is -0.496 e. The van der Waals surface area contributed by atoms with Gasteiger partial charge in [0.2, 0.25) is 0 Å². The Morgan fingerprint density at radius 2 is 2.00 bits per heavy atom. The van der Waals surface area contributed by atoms with Crippen LogP contribution in [-0.2, 0) is 0 Å². The molecule has 0 aliphatic carbocycles. The molecule has 102 valence electrons. The second kappa shape index (κ2) is 5.75. The van der Waals surface area contributed by atoms with Crippen molar-refractivity contribution in [2.75, 3.05) is 7.11 Å². The molecule has 0 fully saturated rings. The van der Waals surface area contributed by atoms with Crippen LogP contribution >= 0.6 is 15.9 Å². The normalized spacial score (nSPS) is 12.7. The zero-order valence-corrected chi connectivity index (χ0v) is 12.9. The molecule has 0 radical (unpaired) electrons. The van der Waals surface area contributed by atoms with Crippen molar-refractivity contribution in [3.8, 4) is 5.75 Å². The molecule has 1 heterocycles. The quantitative estimate of drug-likeness (QED) is 0.939. The fourth-order valence-corrected chi connectivity index (χ4v) is 2.64. The number of methoxy groups -OCH3 is 1. The van der Waals surface area contributed by atoms with E-state index in [2.05, 4.69) is 34.9 Å². The van der Waals surface area contributed by atoms with E-state index in [1.807, 2.05) is 28.9 Å². The predicted molar refractivity (Wildman–Crippen MR) is 79.3 cm³/mol. The number of hydrogen-bond acceptors (Lipinski definition) is 3. The Kier molecular flexibility index (Phi) is 4.27. The van der Waals surface area contributed by atoms with E-state index in [0.717, 1.165) is 21.5 Å². The highest BCUT2D eigenvalue weighted by Crippen LogP contribution is 2.33. The first-order valence-electron chi connectivity index (χ1n) is 6.17. The highest BCUT2D eigenvalue weighted by Gasteiger charge is 2.22. The summed E-state index contributed by atoms with van der Waals surface area (Å²) in [5.41, 5.74) is 8.32. The van der Waals surface area contributed by atoms with Crippen molar-refractivity contribution in [3.63, 3.8) is 0 Å². The molecule has 1 aromatic carbocycles. The van der Waals surface area contributed by atoms with Crippen molar-refractivity contribution in [1.82, 2.24) is 9.78 Å². The highest BCUT2D eigenvalue weighted by molar-refractivity contribution is 9.10. The third kappa shape index (κ3) is 2.67. The summed E-state index contributed by atoms with van der Waals surface area (Å²) in [4.78, 5) is 0. The Morgan fingerprint density at radius 1 is 1.32 bits per heavy atom. The molecular weight excluding hydrogens is 306 g/mol. The van der Waals surface area contributed by atoms with Crippen LogP contribution in [0.1, 0.15) is 37.2 Å². The van der Waals surface area contributed by atoms with Crippen LogP contribution in [0.2, 0.25) is 0 Å². The Balaban J connectivity index is 2.50. The van der Waals surface area contributed by atoms with Gasteiger partial charge >= 0.3 is 0 Å². The second-order valence-corrected chi connectivity index (χ2v) is 5.49. The largest absolute Gasteiger partial charge is 0.496 e. The van der Waals surface area contributed by atoms with Gasteiger partial charge in [-0.2, -0.15) is 5.10 Å². The molecule has 1 aromatic heterocycles. The zero-order chi connectivity index (χ0) is 14.0. The van der Waals surface area contributed by atoms with Crippen molar-refractivity contribution >= 4 is 15.9 Å². The Labute approximate surface area is 121 Å². The average molecular weight is 324 g/mol. The van der Waals surface area contributed by atoms with E-state index in [9.17, 15) is 0 Å². The van der Waals surface area contributed by atoms with Gasteiger partial charge in [-0.1, -0.05) is 18.2 Å². The number of aromatic nitrogens is 2. The third-order valence-corrected chi connectivity index (χ3v) is 3.66. The summed E-state index contributed by atoms with van der Waals surface area (Å²) in [5.74, 6) is 0.790. The molecule has 4 nitrogen and oxygen atoms in total. The molecule has 2 rings (SSSR count). The van der Waals surface area contributed by atoms with Gasteiger partial charge in [0.25, 0.3) is 0 Å². The van der Waals surface area contributed by atoms with Crippen LogP contribution in [0, 0.1) is 0 Å². The van der Waals surface area contributed by atoms with Crippen molar-refractivity contribution in [1.29, 1.82) is 0 Å². The number of para-hydroxylation sites is 1. The number of hydrogen-bond donors (Lipinski definition) is 1. The molecule has 5 heteroatoms. The van der Waals surface area contributed by atoms with E-state index in [1.165, 1.54) is 0 Å². The lowest BCUT2D eigenvalue weighted by atomic mass is 10.0. The van der Waals surface area contributed by atoms with Crippen LogP contribution in [0.25, 0.3) is 0 Å². The molecular formula is C14H18BrN3O. The lowest BCUT2D eigenvalue weighted by molar-refractivity contribution is 0.405. The number of halogens is 1. The minimum absolute atomic E-state index is 0.252. The maximum absolute atomic E-state index is 6.41. The van der Waals surface area contributed by atoms with Gasteiger partial charge in [-0.3, -0.25) is 4.68 Å². The lowest BCUT2D eigenvalue weighted by Gasteiger charge is -2.19. The van der Waals surface area contributed by atoms with Gasteiger partial charge in [0.1, 0.15) is 5.75 Å². The van der Waals surface area contributed by atoms with Crippen LogP contribution in [0.4, 0.5) is 0 Å². The van der Waals surface area contributed by atoms with Crippen molar-refractivity contribution < 1.29 is 4.74 Å². The smallest absolute Gasteiger partial charge is 0.124 e. The Hall–Kier alpha value is -1.33. The molecule has 19 heavy (non-hydrogen) atoms. The minimum atomic E-state index is -0.282. The number of benzene rings is 1. The average Bonchev–Trinajstić information content (AvgIpc) is 2.80. The molecule has 1 atom stereocenters. The Morgan fingerprint density at radius 3 is 2.63 bits per heavy atom. The maximum Gasteiger partial charge on any atom is 0.124 e. The van der Waals surface area contributed by atoms with E-state index in [-0.39, 0.29) is 12.1 Å². The van der Waals surface area contributed by atoms with Crippen LogP contribution in [-0.4, -0.2) is 16.9 Å². The van der Waals surface area contributed by atoms with Gasteiger partial charge in [0.05, 0.1) is 29.5 Å². The summed E-state index contributed by atoms with van der Waals surface area (Å²) in [6, 6.07) is 7.76. The molecule has 0 spiro atoms. The van der Waals surface area contributed by atoms with Crippen molar-refractivity contribution in [2.24, 2.45) is 5.73 Å². The lowest BCUT2D eigenvalue weighted by Crippen LogP contribution is -2.19. The second-order valence-electron chi connectivity index (χ2n) is 4.64. The van der Waals surface area contributed by atoms with Crippen molar-refractivity contribution in [3.05, 3.63) is 46.2 Å². The summed E-state index contributed by atoms with van der Waals surface area (Å²) in [6.07, 6.45) is 1.78. The topological polar surface area (TPSA) is 53.1 Å². The first-order chi connectivity index (χ1) is 9.06. The van der Waals surface area contributed by atoms with E-state index in [4.69, 9.17) is 10.5 Å². The first-order valence-corrected chi connectivity index (χ1v) is 6.97. The monoisotopic (exact) mass is 323 g/mol. The molecule has 2 N–H and O–H groups in total. The van der Waals surface area contributed by atoms with Crippen LogP contribution < -0.4 is 10.5 Å². The van der Waals surface area contributed by atoms with Crippen LogP contribution in [0.5, 0.6) is 5.75 Å². The molecule has 0 aliphatic heterocycles. The third-order valence-electron chi connectivity index (χ3n) is 3.04. The van der Waals surface area contributed by atoms with Gasteiger partial charge < -0.3 is 10.5 Å². The summed E-state index contributed by atoms with van der Waals surface area (Å²) in [7, 11) is 1.65. The van der Waals surface area contributed by atoms with Crippen LogP contribution in [0.15, 0.2) is 34.9 Å². The number of ether oxygens (including phenoxy) is 1. The number of rotatable bonds is 4. The van der Waals surface area contributed by atoms with E-state index in [0.29, 0.717) is 0 Å². The van der Waals surface area contributed by atoms with Crippen LogP contribution in [0.3, 0.4) is 0 Å². The van der Waals surface area contributed by atoms with Gasteiger partial charge in [0.15, 0.2) is 0 Å². The summed E-state index contributed by atoms with van der Waals surface area (Å²) >= 11 is 3.53. The Bertz CT molecular complexity index is 566. The molecule has 0 amide bonds. The first kappa shape index (κ1) is 14.1. The molecule has 0 saturated heterocycles. The molecule has 1 unspecified atom stereocenters. The summed E-state index contributed by atoms with van der Waals surface area (Å²) in [6.45, 7) is 4.16. The fourth-order valence-electron chi connectivity index (χ4n) is 2.12. The van der Waals surface area contributed by atoms with E-state index >= 15 is 0 Å². The highest BCUT2D eigenvalue weighted by atomic mass is 79.9. The van der Waals surface area contributed by atoms with Gasteiger partial charge in [-0.15, -0.1) is 0 Å². The number of nitrogens with zero attached hydrogens (tertiary/aromatic N) is 2. The van der Waals surface area contributed by atoms with E-state index < -0.39 is 0 Å². The zero-order valence-electron chi connectivity index (χ0n) is 11.3. The molecule has 0 aliphatic rings. The summed E-state index contributed by atoms with van der Waals surface area (Å²) < 4.78 is 8.23. The number of nitrogens with two attached hydrogens (primary N) is 1. The van der Waals surface area contributed by atoms with Gasteiger partial charge in [0, 0.05) is 11.6 Å². The SMILES string of the molecule is COc1ccccc1C(N)c1c(Br)cnn1C(C)C. The van der Waals surface area contributed by atoms with Gasteiger partial charge in [-0.25, -0.2) is 0 Å². The molecule has 0 bridgehead atoms. The van der Waals surface area contributed by atoms with Crippen molar-refractivity contribution in [2.45, 2.75) is 25.9 Å². The van der Waals surface area contributed by atoms with Gasteiger partial charge in [-0.05, 0) is 35.8 Å². The van der Waals surface area contributed by atoms with E-state index in [1.54, 1.807) is 13.3 Å². The summed E-state index contributed by atoms with van der Waals surface area (Å²) in [5, 5.41) is 4.37. The predicted octanol–water partition coefficient (Wildman–Crippen LogP) is 3.28.